The Morgan fingerprint density at radius 2 is 1.77 bits per heavy atom. The SMILES string of the molecule is CC[C@H](C(=O)N(CC)Cc1nc2ccccc2c(=O)[nH]1)c1ccccc1. The second-order valence-corrected chi connectivity index (χ2v) is 6.25. The van der Waals surface area contributed by atoms with Gasteiger partial charge < -0.3 is 9.88 Å². The van der Waals surface area contributed by atoms with E-state index in [1.165, 1.54) is 0 Å². The molecule has 5 nitrogen and oxygen atoms in total. The number of nitrogens with one attached hydrogen (secondary N) is 1. The van der Waals surface area contributed by atoms with Crippen molar-refractivity contribution in [1.29, 1.82) is 0 Å². The third-order valence-corrected chi connectivity index (χ3v) is 4.60. The van der Waals surface area contributed by atoms with Gasteiger partial charge in [0.25, 0.3) is 5.56 Å². The van der Waals surface area contributed by atoms with E-state index < -0.39 is 0 Å². The smallest absolute Gasteiger partial charge is 0.258 e. The molecule has 0 unspecified atom stereocenters. The quantitative estimate of drug-likeness (QED) is 0.741. The molecule has 3 rings (SSSR count). The zero-order chi connectivity index (χ0) is 18.5. The topological polar surface area (TPSA) is 66.1 Å². The lowest BCUT2D eigenvalue weighted by Gasteiger charge is -2.25. The number of carbonyl (C=O) groups excluding carboxylic acids is 1. The predicted molar refractivity (Wildman–Crippen MR) is 103 cm³/mol. The van der Waals surface area contributed by atoms with E-state index in [0.29, 0.717) is 29.8 Å². The van der Waals surface area contributed by atoms with Crippen molar-refractivity contribution in [3.8, 4) is 0 Å². The lowest BCUT2D eigenvalue weighted by Crippen LogP contribution is -2.35. The van der Waals surface area contributed by atoms with Crippen LogP contribution in [0.25, 0.3) is 10.9 Å². The Morgan fingerprint density at radius 1 is 1.08 bits per heavy atom. The highest BCUT2D eigenvalue weighted by Crippen LogP contribution is 2.22. The average molecular weight is 349 g/mol. The van der Waals surface area contributed by atoms with Gasteiger partial charge in [0.05, 0.1) is 23.4 Å². The summed E-state index contributed by atoms with van der Waals surface area (Å²) in [6.07, 6.45) is 0.723. The van der Waals surface area contributed by atoms with Crippen LogP contribution in [0, 0.1) is 0 Å². The summed E-state index contributed by atoms with van der Waals surface area (Å²) in [5.41, 5.74) is 1.48. The van der Waals surface area contributed by atoms with Gasteiger partial charge in [-0.15, -0.1) is 0 Å². The van der Waals surface area contributed by atoms with Gasteiger partial charge in [-0.05, 0) is 31.0 Å². The Bertz CT molecular complexity index is 950. The van der Waals surface area contributed by atoms with Crippen LogP contribution in [-0.4, -0.2) is 27.3 Å². The summed E-state index contributed by atoms with van der Waals surface area (Å²) in [6.45, 7) is 4.80. The summed E-state index contributed by atoms with van der Waals surface area (Å²) < 4.78 is 0. The van der Waals surface area contributed by atoms with Crippen LogP contribution in [0.15, 0.2) is 59.4 Å². The van der Waals surface area contributed by atoms with Crippen molar-refractivity contribution < 1.29 is 4.79 Å². The Labute approximate surface area is 152 Å². The molecular weight excluding hydrogens is 326 g/mol. The van der Waals surface area contributed by atoms with Crippen molar-refractivity contribution in [3.05, 3.63) is 76.3 Å². The number of carbonyl (C=O) groups is 1. The second kappa shape index (κ2) is 7.95. The number of benzene rings is 2. The minimum absolute atomic E-state index is 0.0528. The molecule has 0 bridgehead atoms. The highest BCUT2D eigenvalue weighted by Gasteiger charge is 2.24. The first-order valence-corrected chi connectivity index (χ1v) is 8.95. The van der Waals surface area contributed by atoms with Gasteiger partial charge >= 0.3 is 0 Å². The number of hydrogen-bond acceptors (Lipinski definition) is 3. The molecule has 1 amide bonds. The summed E-state index contributed by atoms with van der Waals surface area (Å²) in [7, 11) is 0. The minimum Gasteiger partial charge on any atom is -0.335 e. The molecule has 0 saturated heterocycles. The van der Waals surface area contributed by atoms with Crippen LogP contribution in [0.4, 0.5) is 0 Å². The zero-order valence-electron chi connectivity index (χ0n) is 15.1. The molecule has 0 saturated carbocycles. The number of hydrogen-bond donors (Lipinski definition) is 1. The van der Waals surface area contributed by atoms with Crippen molar-refractivity contribution in [2.45, 2.75) is 32.7 Å². The predicted octanol–water partition coefficient (Wildman–Crippen LogP) is 3.47. The summed E-state index contributed by atoms with van der Waals surface area (Å²) >= 11 is 0. The fraction of sp³-hybridized carbons (Fsp3) is 0.286. The molecule has 134 valence electrons. The standard InChI is InChI=1S/C21H23N3O2/c1-3-16(15-10-6-5-7-11-15)21(26)24(4-2)14-19-22-18-13-9-8-12-17(18)20(25)23-19/h5-13,16H,3-4,14H2,1-2H3,(H,22,23,25)/t16-/m0/s1. The lowest BCUT2D eigenvalue weighted by molar-refractivity contribution is -0.133. The van der Waals surface area contributed by atoms with Crippen LogP contribution in [-0.2, 0) is 11.3 Å². The molecule has 0 radical (unpaired) electrons. The van der Waals surface area contributed by atoms with Crippen LogP contribution in [0.2, 0.25) is 0 Å². The maximum Gasteiger partial charge on any atom is 0.258 e. The van der Waals surface area contributed by atoms with Crippen molar-refractivity contribution in [2.75, 3.05) is 6.54 Å². The van der Waals surface area contributed by atoms with Crippen LogP contribution >= 0.6 is 0 Å². The Hall–Kier alpha value is -2.95. The number of fused-ring (bicyclic) bond motifs is 1. The van der Waals surface area contributed by atoms with Crippen molar-refractivity contribution in [3.63, 3.8) is 0 Å². The fourth-order valence-corrected chi connectivity index (χ4v) is 3.19. The molecule has 3 aromatic rings. The monoisotopic (exact) mass is 349 g/mol. The lowest BCUT2D eigenvalue weighted by atomic mass is 9.95. The van der Waals surface area contributed by atoms with Crippen molar-refractivity contribution in [2.24, 2.45) is 0 Å². The van der Waals surface area contributed by atoms with Crippen molar-refractivity contribution >= 4 is 16.8 Å². The first-order chi connectivity index (χ1) is 12.6. The van der Waals surface area contributed by atoms with Gasteiger partial charge in [-0.25, -0.2) is 4.98 Å². The molecule has 1 aromatic heterocycles. The van der Waals surface area contributed by atoms with E-state index in [1.54, 1.807) is 11.0 Å². The third-order valence-electron chi connectivity index (χ3n) is 4.60. The Morgan fingerprint density at radius 3 is 2.46 bits per heavy atom. The van der Waals surface area contributed by atoms with E-state index >= 15 is 0 Å². The molecule has 1 heterocycles. The van der Waals surface area contributed by atoms with Gasteiger partial charge in [0.1, 0.15) is 5.82 Å². The summed E-state index contributed by atoms with van der Waals surface area (Å²) in [5.74, 6) is 0.368. The van der Waals surface area contributed by atoms with Gasteiger partial charge in [0.2, 0.25) is 5.91 Å². The summed E-state index contributed by atoms with van der Waals surface area (Å²) in [6, 6.07) is 17.0. The fourth-order valence-electron chi connectivity index (χ4n) is 3.19. The molecule has 26 heavy (non-hydrogen) atoms. The van der Waals surface area contributed by atoms with E-state index in [-0.39, 0.29) is 17.4 Å². The normalized spacial score (nSPS) is 12.1. The van der Waals surface area contributed by atoms with E-state index in [2.05, 4.69) is 9.97 Å². The summed E-state index contributed by atoms with van der Waals surface area (Å²) in [4.78, 5) is 34.4. The molecular formula is C21H23N3O2. The first-order valence-electron chi connectivity index (χ1n) is 8.95. The average Bonchev–Trinajstić information content (AvgIpc) is 2.67. The number of aromatic amines is 1. The maximum absolute atomic E-state index is 13.1. The molecule has 0 fully saturated rings. The number of amides is 1. The molecule has 0 aliphatic rings. The van der Waals surface area contributed by atoms with Gasteiger partial charge in [0, 0.05) is 6.54 Å². The zero-order valence-corrected chi connectivity index (χ0v) is 15.1. The Kier molecular flexibility index (Phi) is 5.46. The number of rotatable bonds is 6. The number of para-hydroxylation sites is 1. The van der Waals surface area contributed by atoms with Gasteiger partial charge in [-0.1, -0.05) is 49.4 Å². The number of H-pyrrole nitrogens is 1. The highest BCUT2D eigenvalue weighted by atomic mass is 16.2. The summed E-state index contributed by atoms with van der Waals surface area (Å²) in [5, 5.41) is 0.557. The van der Waals surface area contributed by atoms with Crippen LogP contribution in [0.1, 0.15) is 37.6 Å². The third kappa shape index (κ3) is 3.67. The second-order valence-electron chi connectivity index (χ2n) is 6.25. The minimum atomic E-state index is -0.191. The van der Waals surface area contributed by atoms with Crippen molar-refractivity contribution in [1.82, 2.24) is 14.9 Å². The Balaban J connectivity index is 1.87. The largest absolute Gasteiger partial charge is 0.335 e. The van der Waals surface area contributed by atoms with Crippen LogP contribution in [0.3, 0.4) is 0 Å². The number of aromatic nitrogens is 2. The highest BCUT2D eigenvalue weighted by molar-refractivity contribution is 5.83. The van der Waals surface area contributed by atoms with E-state index in [1.807, 2.05) is 62.4 Å². The molecule has 0 aliphatic heterocycles. The van der Waals surface area contributed by atoms with E-state index in [4.69, 9.17) is 0 Å². The maximum atomic E-state index is 13.1. The molecule has 0 spiro atoms. The van der Waals surface area contributed by atoms with Gasteiger partial charge in [0.15, 0.2) is 0 Å². The molecule has 0 aliphatic carbocycles. The molecule has 1 N–H and O–H groups in total. The van der Waals surface area contributed by atoms with Gasteiger partial charge in [-0.2, -0.15) is 0 Å². The number of nitrogens with zero attached hydrogens (tertiary/aromatic N) is 2. The molecule has 5 heteroatoms. The number of likely N-dealkylation sites (N-methyl/N-ethyl adjacent to an activating group) is 1. The van der Waals surface area contributed by atoms with E-state index in [9.17, 15) is 9.59 Å². The molecule has 1 atom stereocenters. The molecule has 2 aromatic carbocycles. The van der Waals surface area contributed by atoms with Crippen LogP contribution < -0.4 is 5.56 Å². The first kappa shape index (κ1) is 17.9. The van der Waals surface area contributed by atoms with Crippen LogP contribution in [0.5, 0.6) is 0 Å². The van der Waals surface area contributed by atoms with E-state index in [0.717, 1.165) is 12.0 Å². The van der Waals surface area contributed by atoms with Gasteiger partial charge in [-0.3, -0.25) is 9.59 Å².